The lowest BCUT2D eigenvalue weighted by molar-refractivity contribution is 0.0923. The van der Waals surface area contributed by atoms with Crippen LogP contribution in [-0.4, -0.2) is 15.7 Å². The molecule has 0 fully saturated rings. The van der Waals surface area contributed by atoms with Crippen LogP contribution < -0.4 is 10.7 Å². The number of amides is 1. The van der Waals surface area contributed by atoms with Gasteiger partial charge in [0.2, 0.25) is 0 Å². The number of rotatable bonds is 3. The second-order valence-electron chi connectivity index (χ2n) is 5.18. The molecule has 1 amide bonds. The first-order chi connectivity index (χ1) is 10.5. The monoisotopic (exact) mass is 297 g/mol. The summed E-state index contributed by atoms with van der Waals surface area (Å²) < 4.78 is 7.17. The van der Waals surface area contributed by atoms with Gasteiger partial charge < -0.3 is 9.73 Å². The SMILES string of the molecule is Cc1ccc2oc(C(=O)NCc3cnn(C)c3)cc(=O)c2c1. The number of nitrogens with zero attached hydrogens (tertiary/aromatic N) is 2. The van der Waals surface area contributed by atoms with Crippen LogP contribution in [0, 0.1) is 6.92 Å². The molecule has 0 aliphatic rings. The van der Waals surface area contributed by atoms with Crippen LogP contribution in [0.2, 0.25) is 0 Å². The summed E-state index contributed by atoms with van der Waals surface area (Å²) in [5.41, 5.74) is 2.02. The van der Waals surface area contributed by atoms with Crippen LogP contribution in [-0.2, 0) is 13.6 Å². The molecular formula is C16H15N3O3. The Kier molecular flexibility index (Phi) is 3.50. The van der Waals surface area contributed by atoms with Crippen molar-refractivity contribution >= 4 is 16.9 Å². The van der Waals surface area contributed by atoms with Gasteiger partial charge in [0.15, 0.2) is 11.2 Å². The van der Waals surface area contributed by atoms with Crippen LogP contribution in [0.3, 0.4) is 0 Å². The average molecular weight is 297 g/mol. The fraction of sp³-hybridized carbons (Fsp3) is 0.188. The molecule has 1 aromatic carbocycles. The normalized spacial score (nSPS) is 10.8. The predicted octanol–water partition coefficient (Wildman–Crippen LogP) is 1.76. The topological polar surface area (TPSA) is 77.1 Å². The van der Waals surface area contributed by atoms with Crippen molar-refractivity contribution < 1.29 is 9.21 Å². The molecule has 0 unspecified atom stereocenters. The highest BCUT2D eigenvalue weighted by molar-refractivity contribution is 5.93. The highest BCUT2D eigenvalue weighted by atomic mass is 16.3. The number of fused-ring (bicyclic) bond motifs is 1. The number of aromatic nitrogens is 2. The summed E-state index contributed by atoms with van der Waals surface area (Å²) in [6, 6.07) is 6.51. The fourth-order valence-electron chi connectivity index (χ4n) is 2.21. The van der Waals surface area contributed by atoms with E-state index in [4.69, 9.17) is 4.42 Å². The van der Waals surface area contributed by atoms with Gasteiger partial charge in [0.05, 0.1) is 11.6 Å². The van der Waals surface area contributed by atoms with Gasteiger partial charge in [0.1, 0.15) is 5.58 Å². The maximum Gasteiger partial charge on any atom is 0.287 e. The molecule has 6 heteroatoms. The van der Waals surface area contributed by atoms with Crippen LogP contribution in [0.25, 0.3) is 11.0 Å². The third-order valence-corrected chi connectivity index (χ3v) is 3.32. The predicted molar refractivity (Wildman–Crippen MR) is 81.6 cm³/mol. The Hall–Kier alpha value is -2.89. The van der Waals surface area contributed by atoms with Gasteiger partial charge in [-0.2, -0.15) is 5.10 Å². The minimum atomic E-state index is -0.427. The van der Waals surface area contributed by atoms with Crippen molar-refractivity contribution in [2.24, 2.45) is 7.05 Å². The van der Waals surface area contributed by atoms with E-state index in [9.17, 15) is 9.59 Å². The number of hydrogen-bond acceptors (Lipinski definition) is 4. The Morgan fingerprint density at radius 3 is 2.91 bits per heavy atom. The maximum atomic E-state index is 12.1. The summed E-state index contributed by atoms with van der Waals surface area (Å²) in [6.45, 7) is 2.22. The largest absolute Gasteiger partial charge is 0.451 e. The van der Waals surface area contributed by atoms with Gasteiger partial charge in [-0.1, -0.05) is 11.6 Å². The van der Waals surface area contributed by atoms with Crippen LogP contribution in [0.1, 0.15) is 21.7 Å². The van der Waals surface area contributed by atoms with Crippen LogP contribution >= 0.6 is 0 Å². The zero-order valence-electron chi connectivity index (χ0n) is 12.3. The molecule has 0 aliphatic heterocycles. The van der Waals surface area contributed by atoms with Crippen molar-refractivity contribution in [3.8, 4) is 0 Å². The van der Waals surface area contributed by atoms with E-state index in [-0.39, 0.29) is 11.2 Å². The lowest BCUT2D eigenvalue weighted by Crippen LogP contribution is -2.23. The summed E-state index contributed by atoms with van der Waals surface area (Å²) in [5, 5.41) is 7.21. The quantitative estimate of drug-likeness (QED) is 0.799. The van der Waals surface area contributed by atoms with Crippen LogP contribution in [0.4, 0.5) is 0 Å². The van der Waals surface area contributed by atoms with Crippen LogP contribution in [0.15, 0.2) is 45.9 Å². The molecule has 2 aromatic heterocycles. The van der Waals surface area contributed by atoms with Crippen molar-refractivity contribution in [3.05, 3.63) is 63.8 Å². The molecule has 0 aliphatic carbocycles. The van der Waals surface area contributed by atoms with Crippen molar-refractivity contribution in [1.29, 1.82) is 0 Å². The van der Waals surface area contributed by atoms with Gasteiger partial charge in [-0.25, -0.2) is 0 Å². The number of nitrogens with one attached hydrogen (secondary N) is 1. The highest BCUT2D eigenvalue weighted by Gasteiger charge is 2.12. The van der Waals surface area contributed by atoms with E-state index in [0.29, 0.717) is 17.5 Å². The number of aryl methyl sites for hydroxylation is 2. The molecule has 1 N–H and O–H groups in total. The maximum absolute atomic E-state index is 12.1. The van der Waals surface area contributed by atoms with E-state index >= 15 is 0 Å². The van der Waals surface area contributed by atoms with E-state index < -0.39 is 5.91 Å². The first kappa shape index (κ1) is 14.1. The second-order valence-corrected chi connectivity index (χ2v) is 5.18. The zero-order valence-corrected chi connectivity index (χ0v) is 12.3. The van der Waals surface area contributed by atoms with E-state index in [1.54, 1.807) is 36.3 Å². The molecule has 0 atom stereocenters. The third-order valence-electron chi connectivity index (χ3n) is 3.32. The lowest BCUT2D eigenvalue weighted by Gasteiger charge is -2.04. The third kappa shape index (κ3) is 2.76. The van der Waals surface area contributed by atoms with Gasteiger partial charge in [0, 0.05) is 31.4 Å². The fourth-order valence-corrected chi connectivity index (χ4v) is 2.21. The summed E-state index contributed by atoms with van der Waals surface area (Å²) in [4.78, 5) is 24.2. The number of carbonyl (C=O) groups excluding carboxylic acids is 1. The van der Waals surface area contributed by atoms with Gasteiger partial charge in [0.25, 0.3) is 5.91 Å². The Morgan fingerprint density at radius 2 is 2.18 bits per heavy atom. The molecule has 0 radical (unpaired) electrons. The Labute approximate surface area is 126 Å². The molecule has 0 saturated carbocycles. The van der Waals surface area contributed by atoms with E-state index in [1.165, 1.54) is 6.07 Å². The minimum absolute atomic E-state index is 0.00485. The van der Waals surface area contributed by atoms with E-state index in [0.717, 1.165) is 11.1 Å². The molecule has 3 aromatic rings. The molecule has 2 heterocycles. The smallest absolute Gasteiger partial charge is 0.287 e. The summed E-state index contributed by atoms with van der Waals surface area (Å²) in [5.74, 6) is -0.423. The van der Waals surface area contributed by atoms with Crippen molar-refractivity contribution in [2.75, 3.05) is 0 Å². The Bertz CT molecular complexity index is 908. The van der Waals surface area contributed by atoms with E-state index in [1.807, 2.05) is 13.0 Å². The lowest BCUT2D eigenvalue weighted by atomic mass is 10.1. The van der Waals surface area contributed by atoms with Gasteiger partial charge in [-0.15, -0.1) is 0 Å². The first-order valence-electron chi connectivity index (χ1n) is 6.83. The molecule has 0 bridgehead atoms. The molecular weight excluding hydrogens is 282 g/mol. The number of carbonyl (C=O) groups is 1. The van der Waals surface area contributed by atoms with Gasteiger partial charge in [-0.3, -0.25) is 14.3 Å². The van der Waals surface area contributed by atoms with Crippen molar-refractivity contribution in [1.82, 2.24) is 15.1 Å². The van der Waals surface area contributed by atoms with E-state index in [2.05, 4.69) is 10.4 Å². The molecule has 0 saturated heterocycles. The summed E-state index contributed by atoms with van der Waals surface area (Å²) in [7, 11) is 1.80. The zero-order chi connectivity index (χ0) is 15.7. The van der Waals surface area contributed by atoms with Crippen LogP contribution in [0.5, 0.6) is 0 Å². The minimum Gasteiger partial charge on any atom is -0.451 e. The average Bonchev–Trinajstić information content (AvgIpc) is 2.91. The molecule has 22 heavy (non-hydrogen) atoms. The number of hydrogen-bond donors (Lipinski definition) is 1. The molecule has 3 rings (SSSR count). The first-order valence-corrected chi connectivity index (χ1v) is 6.83. The van der Waals surface area contributed by atoms with Crippen molar-refractivity contribution in [3.63, 3.8) is 0 Å². The molecule has 6 nitrogen and oxygen atoms in total. The Balaban J connectivity index is 1.85. The summed E-state index contributed by atoms with van der Waals surface area (Å²) >= 11 is 0. The van der Waals surface area contributed by atoms with Gasteiger partial charge in [-0.05, 0) is 19.1 Å². The summed E-state index contributed by atoms with van der Waals surface area (Å²) in [6.07, 6.45) is 3.47. The van der Waals surface area contributed by atoms with Gasteiger partial charge >= 0.3 is 0 Å². The van der Waals surface area contributed by atoms with Crippen molar-refractivity contribution in [2.45, 2.75) is 13.5 Å². The standard InChI is InChI=1S/C16H15N3O3/c1-10-3-4-14-12(5-10)13(20)6-15(22-14)16(21)17-7-11-8-18-19(2)9-11/h3-6,8-9H,7H2,1-2H3,(H,17,21). The second kappa shape index (κ2) is 5.48. The molecule has 112 valence electrons. The Morgan fingerprint density at radius 1 is 1.36 bits per heavy atom. The molecule has 0 spiro atoms. The highest BCUT2D eigenvalue weighted by Crippen LogP contribution is 2.14. The number of benzene rings is 1.